The van der Waals surface area contributed by atoms with Gasteiger partial charge in [0.1, 0.15) is 11.2 Å². The number of hydrogen-bond donors (Lipinski definition) is 0. The third kappa shape index (κ3) is 4.88. The molecule has 11 rings (SSSR count). The predicted molar refractivity (Wildman–Crippen MR) is 219 cm³/mol. The molecule has 4 heteroatoms. The fourth-order valence-corrected chi connectivity index (χ4v) is 7.84. The highest BCUT2D eigenvalue weighted by molar-refractivity contribution is 6.19. The standard InChI is InChI=1S/C49H29N3O/c1-3-13-33-26-37(22-20-30(33)10-1)47-50-48(38-23-21-31-11-2-4-14-34(31)27-38)52-49(51-47)42-25-24-41(40-19-9-17-32-12-7-8-18-39(32)40)46-45(42)43-28-35-15-5-6-16-36(35)29-44(43)53-46/h1-29H. The summed E-state index contributed by atoms with van der Waals surface area (Å²) in [5, 5.41) is 11.2. The molecule has 4 nitrogen and oxygen atoms in total. The molecule has 0 unspecified atom stereocenters. The second-order valence-electron chi connectivity index (χ2n) is 13.6. The van der Waals surface area contributed by atoms with E-state index in [2.05, 4.69) is 176 Å². The quantitative estimate of drug-likeness (QED) is 0.186. The summed E-state index contributed by atoms with van der Waals surface area (Å²) in [7, 11) is 0. The third-order valence-corrected chi connectivity index (χ3v) is 10.5. The van der Waals surface area contributed by atoms with Crippen LogP contribution in [0.1, 0.15) is 0 Å². The molecule has 246 valence electrons. The van der Waals surface area contributed by atoms with Gasteiger partial charge in [0, 0.05) is 33.0 Å². The molecule has 0 aliphatic rings. The van der Waals surface area contributed by atoms with Gasteiger partial charge in [-0.15, -0.1) is 0 Å². The Labute approximate surface area is 304 Å². The molecule has 0 bridgehead atoms. The van der Waals surface area contributed by atoms with Crippen molar-refractivity contribution in [3.63, 3.8) is 0 Å². The maximum Gasteiger partial charge on any atom is 0.164 e. The third-order valence-electron chi connectivity index (χ3n) is 10.5. The summed E-state index contributed by atoms with van der Waals surface area (Å²) in [6.07, 6.45) is 0. The highest BCUT2D eigenvalue weighted by Gasteiger charge is 2.22. The van der Waals surface area contributed by atoms with Gasteiger partial charge in [-0.1, -0.05) is 140 Å². The molecule has 0 aliphatic carbocycles. The number of hydrogen-bond acceptors (Lipinski definition) is 4. The van der Waals surface area contributed by atoms with Crippen LogP contribution in [0.5, 0.6) is 0 Å². The maximum atomic E-state index is 6.91. The van der Waals surface area contributed by atoms with Gasteiger partial charge < -0.3 is 4.42 Å². The SMILES string of the molecule is c1ccc2cc(-c3nc(-c4ccc5ccccc5c4)nc(-c4ccc(-c5cccc6ccccc56)c5oc6cc7ccccc7cc6c45)n3)ccc2c1. The number of fused-ring (bicyclic) bond motifs is 7. The van der Waals surface area contributed by atoms with E-state index in [0.29, 0.717) is 17.5 Å². The minimum absolute atomic E-state index is 0.594. The Bertz CT molecular complexity index is 3150. The summed E-state index contributed by atoms with van der Waals surface area (Å²) >= 11 is 0. The number of rotatable bonds is 4. The largest absolute Gasteiger partial charge is 0.455 e. The van der Waals surface area contributed by atoms with Crippen molar-refractivity contribution in [1.82, 2.24) is 15.0 Å². The van der Waals surface area contributed by atoms with Crippen LogP contribution in [0.2, 0.25) is 0 Å². The zero-order chi connectivity index (χ0) is 34.9. The molecule has 9 aromatic carbocycles. The minimum Gasteiger partial charge on any atom is -0.455 e. The highest BCUT2D eigenvalue weighted by Crippen LogP contribution is 2.44. The van der Waals surface area contributed by atoms with Crippen LogP contribution in [0.4, 0.5) is 0 Å². The van der Waals surface area contributed by atoms with Gasteiger partial charge in [0.05, 0.1) is 0 Å². The lowest BCUT2D eigenvalue weighted by Crippen LogP contribution is -2.01. The lowest BCUT2D eigenvalue weighted by molar-refractivity contribution is 0.670. The zero-order valence-corrected chi connectivity index (χ0v) is 28.5. The van der Waals surface area contributed by atoms with E-state index in [0.717, 1.165) is 71.3 Å². The average molecular weight is 676 g/mol. The first-order valence-corrected chi connectivity index (χ1v) is 17.8. The van der Waals surface area contributed by atoms with Crippen molar-refractivity contribution >= 4 is 65.0 Å². The summed E-state index contributed by atoms with van der Waals surface area (Å²) in [5.74, 6) is 1.83. The molecule has 0 N–H and O–H groups in total. The summed E-state index contributed by atoms with van der Waals surface area (Å²) < 4.78 is 6.91. The summed E-state index contributed by atoms with van der Waals surface area (Å²) in [6, 6.07) is 61.7. The molecule has 0 saturated heterocycles. The lowest BCUT2D eigenvalue weighted by Gasteiger charge is -2.12. The van der Waals surface area contributed by atoms with Crippen LogP contribution in [-0.4, -0.2) is 15.0 Å². The van der Waals surface area contributed by atoms with Crippen LogP contribution in [0.25, 0.3) is 110 Å². The van der Waals surface area contributed by atoms with Crippen LogP contribution in [0, 0.1) is 0 Å². The first-order valence-electron chi connectivity index (χ1n) is 17.8. The molecule has 11 aromatic rings. The smallest absolute Gasteiger partial charge is 0.164 e. The van der Waals surface area contributed by atoms with Crippen LogP contribution in [0.15, 0.2) is 180 Å². The molecule has 0 amide bonds. The van der Waals surface area contributed by atoms with E-state index in [1.165, 1.54) is 21.5 Å². The van der Waals surface area contributed by atoms with Crippen LogP contribution < -0.4 is 0 Å². The Morgan fingerprint density at radius 3 is 1.49 bits per heavy atom. The minimum atomic E-state index is 0.594. The molecule has 0 atom stereocenters. The first-order chi connectivity index (χ1) is 26.2. The molecule has 53 heavy (non-hydrogen) atoms. The van der Waals surface area contributed by atoms with Crippen LogP contribution in [-0.2, 0) is 0 Å². The molecule has 0 saturated carbocycles. The second kappa shape index (κ2) is 11.7. The average Bonchev–Trinajstić information content (AvgIpc) is 3.60. The van der Waals surface area contributed by atoms with Crippen molar-refractivity contribution in [2.45, 2.75) is 0 Å². The van der Waals surface area contributed by atoms with E-state index < -0.39 is 0 Å². The first kappa shape index (κ1) is 29.5. The molecular weight excluding hydrogens is 647 g/mol. The Morgan fingerprint density at radius 1 is 0.321 bits per heavy atom. The van der Waals surface area contributed by atoms with Gasteiger partial charge in [-0.2, -0.15) is 0 Å². The monoisotopic (exact) mass is 675 g/mol. The van der Waals surface area contributed by atoms with Crippen molar-refractivity contribution in [2.24, 2.45) is 0 Å². The Kier molecular flexibility index (Phi) is 6.52. The van der Waals surface area contributed by atoms with E-state index in [1.807, 2.05) is 0 Å². The zero-order valence-electron chi connectivity index (χ0n) is 28.5. The molecule has 2 aromatic heterocycles. The van der Waals surface area contributed by atoms with Crippen molar-refractivity contribution in [1.29, 1.82) is 0 Å². The van der Waals surface area contributed by atoms with E-state index in [4.69, 9.17) is 19.4 Å². The van der Waals surface area contributed by atoms with Gasteiger partial charge in [0.2, 0.25) is 0 Å². The van der Waals surface area contributed by atoms with E-state index in [-0.39, 0.29) is 0 Å². The van der Waals surface area contributed by atoms with Gasteiger partial charge in [0.15, 0.2) is 17.5 Å². The molecule has 0 aliphatic heterocycles. The van der Waals surface area contributed by atoms with Crippen molar-refractivity contribution in [2.75, 3.05) is 0 Å². The molecule has 0 radical (unpaired) electrons. The number of nitrogens with zero attached hydrogens (tertiary/aromatic N) is 3. The maximum absolute atomic E-state index is 6.91. The highest BCUT2D eigenvalue weighted by atomic mass is 16.3. The van der Waals surface area contributed by atoms with Gasteiger partial charge in [-0.3, -0.25) is 0 Å². The second-order valence-corrected chi connectivity index (χ2v) is 13.6. The van der Waals surface area contributed by atoms with E-state index in [9.17, 15) is 0 Å². The normalized spacial score (nSPS) is 11.8. The Hall–Kier alpha value is -7.17. The van der Waals surface area contributed by atoms with Crippen molar-refractivity contribution in [3.05, 3.63) is 176 Å². The van der Waals surface area contributed by atoms with Gasteiger partial charge in [-0.05, 0) is 85.1 Å². The summed E-state index contributed by atoms with van der Waals surface area (Å²) in [4.78, 5) is 15.6. The van der Waals surface area contributed by atoms with Gasteiger partial charge in [-0.25, -0.2) is 15.0 Å². The molecule has 0 fully saturated rings. The fraction of sp³-hybridized carbons (Fsp3) is 0. The fourth-order valence-electron chi connectivity index (χ4n) is 7.84. The van der Waals surface area contributed by atoms with Gasteiger partial charge in [0.25, 0.3) is 0 Å². The topological polar surface area (TPSA) is 51.8 Å². The van der Waals surface area contributed by atoms with Gasteiger partial charge >= 0.3 is 0 Å². The number of aromatic nitrogens is 3. The summed E-state index contributed by atoms with van der Waals surface area (Å²) in [5.41, 5.74) is 6.54. The Balaban J connectivity index is 1.22. The van der Waals surface area contributed by atoms with Crippen LogP contribution in [0.3, 0.4) is 0 Å². The van der Waals surface area contributed by atoms with Crippen LogP contribution >= 0.6 is 0 Å². The summed E-state index contributed by atoms with van der Waals surface area (Å²) in [6.45, 7) is 0. The Morgan fingerprint density at radius 2 is 0.830 bits per heavy atom. The van der Waals surface area contributed by atoms with Crippen molar-refractivity contribution in [3.8, 4) is 45.3 Å². The molecular formula is C49H29N3O. The van der Waals surface area contributed by atoms with E-state index in [1.54, 1.807) is 0 Å². The number of benzene rings is 9. The molecule has 0 spiro atoms. The van der Waals surface area contributed by atoms with E-state index >= 15 is 0 Å². The lowest BCUT2D eigenvalue weighted by atomic mass is 9.94. The molecule has 2 heterocycles. The van der Waals surface area contributed by atoms with Crippen molar-refractivity contribution < 1.29 is 4.42 Å². The predicted octanol–water partition coefficient (Wildman–Crippen LogP) is 13.1. The number of furan rings is 1.